The Morgan fingerprint density at radius 3 is 2.26 bits per heavy atom. The average molecular weight is 478 g/mol. The minimum absolute atomic E-state index is 0.0137. The van der Waals surface area contributed by atoms with Crippen LogP contribution < -0.4 is 4.31 Å². The van der Waals surface area contributed by atoms with Gasteiger partial charge in [0.25, 0.3) is 10.0 Å². The van der Waals surface area contributed by atoms with Crippen molar-refractivity contribution < 1.29 is 23.4 Å². The van der Waals surface area contributed by atoms with Crippen molar-refractivity contribution in [1.82, 2.24) is 0 Å². The van der Waals surface area contributed by atoms with E-state index in [-0.39, 0.29) is 31.8 Å². The van der Waals surface area contributed by atoms with Crippen molar-refractivity contribution in [2.45, 2.75) is 23.5 Å². The average Bonchev–Trinajstić information content (AvgIpc) is 2.99. The van der Waals surface area contributed by atoms with Crippen molar-refractivity contribution in [2.75, 3.05) is 4.31 Å². The highest BCUT2D eigenvalue weighted by atomic mass is 35.5. The van der Waals surface area contributed by atoms with Crippen LogP contribution >= 0.6 is 23.2 Å². The summed E-state index contributed by atoms with van der Waals surface area (Å²) in [6, 6.07) is 14.5. The van der Waals surface area contributed by atoms with Gasteiger partial charge in [-0.15, -0.1) is 0 Å². The number of hydrogen-bond acceptors (Lipinski definition) is 4. The van der Waals surface area contributed by atoms with E-state index in [1.54, 1.807) is 31.2 Å². The first-order chi connectivity index (χ1) is 14.6. The second-order valence-corrected chi connectivity index (χ2v) is 9.92. The fraction of sp³-hybridized carbons (Fsp3) is 0.136. The summed E-state index contributed by atoms with van der Waals surface area (Å²) in [5.41, 5.74) is -1.32. The van der Waals surface area contributed by atoms with Gasteiger partial charge in [-0.3, -0.25) is 0 Å². The number of benzene rings is 3. The number of carbonyl (C=O) groups is 1. The highest BCUT2D eigenvalue weighted by molar-refractivity contribution is 7.93. The summed E-state index contributed by atoms with van der Waals surface area (Å²) in [5, 5.41) is 22.3. The molecule has 1 aliphatic heterocycles. The van der Waals surface area contributed by atoms with E-state index in [4.69, 9.17) is 23.2 Å². The first-order valence-electron chi connectivity index (χ1n) is 9.20. The topological polar surface area (TPSA) is 94.9 Å². The number of carboxylic acids is 1. The molecule has 0 aliphatic carbocycles. The van der Waals surface area contributed by atoms with Gasteiger partial charge in [-0.05, 0) is 43.3 Å². The molecule has 0 spiro atoms. The van der Waals surface area contributed by atoms with Gasteiger partial charge in [0.15, 0.2) is 11.6 Å². The number of rotatable bonds is 4. The third-order valence-corrected chi connectivity index (χ3v) is 7.69. The molecule has 0 saturated carbocycles. The number of carboxylic acid groups (broad SMARTS) is 1. The van der Waals surface area contributed by atoms with Crippen LogP contribution in [0.25, 0.3) is 0 Å². The molecule has 0 bridgehead atoms. The van der Waals surface area contributed by atoms with E-state index < -0.39 is 27.6 Å². The highest BCUT2D eigenvalue weighted by Gasteiger charge is 2.59. The lowest BCUT2D eigenvalue weighted by Crippen LogP contribution is -2.53. The molecule has 1 aliphatic rings. The van der Waals surface area contributed by atoms with Crippen molar-refractivity contribution in [3.8, 4) is 0 Å². The van der Waals surface area contributed by atoms with Crippen molar-refractivity contribution >= 4 is 44.9 Å². The fourth-order valence-corrected chi connectivity index (χ4v) is 5.99. The monoisotopic (exact) mass is 477 g/mol. The second-order valence-electron chi connectivity index (χ2n) is 7.26. The molecule has 2 atom stereocenters. The molecule has 0 amide bonds. The van der Waals surface area contributed by atoms with Gasteiger partial charge in [0.2, 0.25) is 0 Å². The van der Waals surface area contributed by atoms with Crippen LogP contribution in [0.15, 0.2) is 71.6 Å². The Bertz CT molecular complexity index is 1290. The van der Waals surface area contributed by atoms with Gasteiger partial charge in [-0.25, -0.2) is 17.5 Å². The predicted molar refractivity (Wildman–Crippen MR) is 118 cm³/mol. The van der Waals surface area contributed by atoms with Crippen LogP contribution in [0.3, 0.4) is 0 Å². The summed E-state index contributed by atoms with van der Waals surface area (Å²) in [6.07, 6.45) is 0. The molecule has 2 N–H and O–H groups in total. The Morgan fingerprint density at radius 2 is 1.65 bits per heavy atom. The summed E-state index contributed by atoms with van der Waals surface area (Å²) < 4.78 is 27.9. The lowest BCUT2D eigenvalue weighted by atomic mass is 9.82. The first-order valence-corrected chi connectivity index (χ1v) is 11.4. The molecular weight excluding hydrogens is 461 g/mol. The smallest absolute Gasteiger partial charge is 0.331 e. The molecular formula is C22H17Cl2NO5S. The molecule has 160 valence electrons. The van der Waals surface area contributed by atoms with Crippen LogP contribution in [0.4, 0.5) is 5.69 Å². The molecule has 0 saturated heterocycles. The zero-order chi connectivity index (χ0) is 22.6. The Kier molecular flexibility index (Phi) is 5.26. The quantitative estimate of drug-likeness (QED) is 0.586. The Labute approximate surface area is 189 Å². The third-order valence-electron chi connectivity index (χ3n) is 5.33. The molecule has 31 heavy (non-hydrogen) atoms. The van der Waals surface area contributed by atoms with Crippen molar-refractivity contribution in [3.05, 3.63) is 93.5 Å². The van der Waals surface area contributed by atoms with E-state index in [0.29, 0.717) is 0 Å². The highest BCUT2D eigenvalue weighted by Crippen LogP contribution is 2.52. The lowest BCUT2D eigenvalue weighted by Gasteiger charge is -2.33. The van der Waals surface area contributed by atoms with Crippen molar-refractivity contribution in [2.24, 2.45) is 0 Å². The van der Waals surface area contributed by atoms with Gasteiger partial charge < -0.3 is 10.2 Å². The largest absolute Gasteiger partial charge is 0.480 e. The molecule has 3 aromatic carbocycles. The standard InChI is InChI=1S/C22H17Cl2NO5S/c1-13-6-9-15(10-7-13)31(29,30)25-19-11-8-14(23)12-17(19)22(28,20(25)21(26)27)16-4-2-3-5-18(16)24/h2-12,20,28H,1H3,(H,26,27). The maximum absolute atomic E-state index is 13.6. The van der Waals surface area contributed by atoms with Gasteiger partial charge in [0, 0.05) is 21.2 Å². The minimum Gasteiger partial charge on any atom is -0.480 e. The van der Waals surface area contributed by atoms with Crippen LogP contribution in [-0.4, -0.2) is 30.6 Å². The number of nitrogens with zero attached hydrogens (tertiary/aromatic N) is 1. The van der Waals surface area contributed by atoms with Crippen LogP contribution in [0.1, 0.15) is 16.7 Å². The molecule has 0 fully saturated rings. The summed E-state index contributed by atoms with van der Waals surface area (Å²) >= 11 is 12.5. The predicted octanol–water partition coefficient (Wildman–Crippen LogP) is 4.20. The SMILES string of the molecule is Cc1ccc(S(=O)(=O)N2c3ccc(Cl)cc3C(O)(c3ccccc3Cl)C2C(=O)O)cc1. The fourth-order valence-electron chi connectivity index (χ4n) is 3.90. The van der Waals surface area contributed by atoms with Crippen LogP contribution in [0.5, 0.6) is 0 Å². The molecule has 6 nitrogen and oxygen atoms in total. The molecule has 1 heterocycles. The van der Waals surface area contributed by atoms with Gasteiger partial charge in [0.05, 0.1) is 10.6 Å². The summed E-state index contributed by atoms with van der Waals surface area (Å²) in [5.74, 6) is -1.54. The molecule has 0 aromatic heterocycles. The van der Waals surface area contributed by atoms with E-state index in [1.165, 1.54) is 42.5 Å². The van der Waals surface area contributed by atoms with E-state index in [2.05, 4.69) is 0 Å². The Morgan fingerprint density at radius 1 is 1.00 bits per heavy atom. The zero-order valence-corrected chi connectivity index (χ0v) is 18.5. The van der Waals surface area contributed by atoms with Gasteiger partial charge >= 0.3 is 5.97 Å². The number of aryl methyl sites for hydroxylation is 1. The van der Waals surface area contributed by atoms with E-state index in [1.807, 2.05) is 0 Å². The minimum atomic E-state index is -4.36. The van der Waals surface area contributed by atoms with Crippen LogP contribution in [0.2, 0.25) is 10.0 Å². The number of aliphatic hydroxyl groups is 1. The second kappa shape index (κ2) is 7.53. The molecule has 9 heteroatoms. The summed E-state index contributed by atoms with van der Waals surface area (Å²) in [6.45, 7) is 1.81. The van der Waals surface area contributed by atoms with E-state index in [9.17, 15) is 23.4 Å². The molecule has 4 rings (SSSR count). The maximum atomic E-state index is 13.6. The first kappa shape index (κ1) is 21.6. The lowest BCUT2D eigenvalue weighted by molar-refractivity contribution is -0.143. The third kappa shape index (κ3) is 3.29. The number of halogens is 2. The van der Waals surface area contributed by atoms with Gasteiger partial charge in [-0.2, -0.15) is 0 Å². The van der Waals surface area contributed by atoms with Gasteiger partial charge in [-0.1, -0.05) is 59.1 Å². The number of anilines is 1. The maximum Gasteiger partial charge on any atom is 0.331 e. The normalized spacial score (nSPS) is 20.5. The Balaban J connectivity index is 2.05. The Hall–Kier alpha value is -2.58. The molecule has 2 unspecified atom stereocenters. The number of fused-ring (bicyclic) bond motifs is 1. The van der Waals surface area contributed by atoms with E-state index in [0.717, 1.165) is 9.87 Å². The molecule has 3 aromatic rings. The van der Waals surface area contributed by atoms with Crippen LogP contribution in [-0.2, 0) is 20.4 Å². The van der Waals surface area contributed by atoms with Crippen molar-refractivity contribution in [3.63, 3.8) is 0 Å². The zero-order valence-electron chi connectivity index (χ0n) is 16.2. The number of aliphatic carboxylic acids is 1. The number of sulfonamides is 1. The molecule has 0 radical (unpaired) electrons. The summed E-state index contributed by atoms with van der Waals surface area (Å²) in [4.78, 5) is 12.4. The van der Waals surface area contributed by atoms with E-state index >= 15 is 0 Å². The summed E-state index contributed by atoms with van der Waals surface area (Å²) in [7, 11) is -4.36. The van der Waals surface area contributed by atoms with Crippen LogP contribution in [0, 0.1) is 6.92 Å². The van der Waals surface area contributed by atoms with Gasteiger partial charge in [0.1, 0.15) is 0 Å². The number of hydrogen-bond donors (Lipinski definition) is 2. The van der Waals surface area contributed by atoms with Crippen molar-refractivity contribution in [1.29, 1.82) is 0 Å².